The Balaban J connectivity index is 2.32. The van der Waals surface area contributed by atoms with Crippen molar-refractivity contribution in [2.75, 3.05) is 5.32 Å². The van der Waals surface area contributed by atoms with Gasteiger partial charge >= 0.3 is 0 Å². The van der Waals surface area contributed by atoms with Crippen LogP contribution in [-0.4, -0.2) is 9.55 Å². The van der Waals surface area contributed by atoms with Crippen LogP contribution in [0, 0.1) is 13.8 Å². The van der Waals surface area contributed by atoms with Gasteiger partial charge in [0.1, 0.15) is 0 Å². The fraction of sp³-hybridized carbons (Fsp3) is 0.357. The SMILES string of the molecule is Cc1cc(Nc2nccn2C(C)C)cc(C)c1Br. The van der Waals surface area contributed by atoms with Gasteiger partial charge in [0, 0.05) is 28.6 Å². The Bertz CT molecular complexity index is 535. The Morgan fingerprint density at radius 2 is 1.83 bits per heavy atom. The van der Waals surface area contributed by atoms with Crippen LogP contribution in [-0.2, 0) is 0 Å². The van der Waals surface area contributed by atoms with Gasteiger partial charge in [-0.2, -0.15) is 0 Å². The minimum atomic E-state index is 0.396. The molecular formula is C14H18BrN3. The molecule has 0 aliphatic heterocycles. The van der Waals surface area contributed by atoms with Crippen LogP contribution in [0.2, 0.25) is 0 Å². The van der Waals surface area contributed by atoms with Gasteiger partial charge < -0.3 is 9.88 Å². The third kappa shape index (κ3) is 2.58. The highest BCUT2D eigenvalue weighted by molar-refractivity contribution is 9.10. The molecule has 1 aromatic heterocycles. The van der Waals surface area contributed by atoms with E-state index in [-0.39, 0.29) is 0 Å². The van der Waals surface area contributed by atoms with Crippen molar-refractivity contribution in [1.29, 1.82) is 0 Å². The first-order chi connectivity index (χ1) is 8.49. The maximum atomic E-state index is 4.35. The number of hydrogen-bond donors (Lipinski definition) is 1. The van der Waals surface area contributed by atoms with Crippen LogP contribution in [0.3, 0.4) is 0 Å². The summed E-state index contributed by atoms with van der Waals surface area (Å²) in [5, 5.41) is 3.37. The molecule has 0 atom stereocenters. The Labute approximate surface area is 116 Å². The lowest BCUT2D eigenvalue weighted by Gasteiger charge is -2.14. The lowest BCUT2D eigenvalue weighted by Crippen LogP contribution is -2.05. The molecule has 1 aromatic carbocycles. The highest BCUT2D eigenvalue weighted by Gasteiger charge is 2.08. The van der Waals surface area contributed by atoms with Gasteiger partial charge in [0.15, 0.2) is 0 Å². The third-order valence-corrected chi connectivity index (χ3v) is 4.17. The number of halogens is 1. The average molecular weight is 308 g/mol. The first-order valence-electron chi connectivity index (χ1n) is 6.05. The molecule has 2 aromatic rings. The monoisotopic (exact) mass is 307 g/mol. The molecule has 0 aliphatic carbocycles. The lowest BCUT2D eigenvalue weighted by molar-refractivity contribution is 0.608. The zero-order valence-corrected chi connectivity index (χ0v) is 12.7. The van der Waals surface area contributed by atoms with E-state index in [1.807, 2.05) is 12.4 Å². The number of hydrogen-bond acceptors (Lipinski definition) is 2. The summed E-state index contributed by atoms with van der Waals surface area (Å²) in [4.78, 5) is 4.35. The van der Waals surface area contributed by atoms with Crippen molar-refractivity contribution in [1.82, 2.24) is 9.55 Å². The maximum Gasteiger partial charge on any atom is 0.207 e. The van der Waals surface area contributed by atoms with Crippen LogP contribution in [0.4, 0.5) is 11.6 Å². The predicted molar refractivity (Wildman–Crippen MR) is 79.5 cm³/mol. The first-order valence-corrected chi connectivity index (χ1v) is 6.85. The van der Waals surface area contributed by atoms with Gasteiger partial charge in [0.25, 0.3) is 0 Å². The van der Waals surface area contributed by atoms with Crippen molar-refractivity contribution >= 4 is 27.6 Å². The second-order valence-electron chi connectivity index (χ2n) is 4.80. The van der Waals surface area contributed by atoms with Crippen LogP contribution < -0.4 is 5.32 Å². The van der Waals surface area contributed by atoms with E-state index in [2.05, 4.69) is 70.6 Å². The molecule has 0 unspecified atom stereocenters. The predicted octanol–water partition coefficient (Wildman–Crippen LogP) is 4.59. The fourth-order valence-corrected chi connectivity index (χ4v) is 2.20. The Kier molecular flexibility index (Phi) is 3.76. The summed E-state index contributed by atoms with van der Waals surface area (Å²) in [5.41, 5.74) is 3.52. The van der Waals surface area contributed by atoms with E-state index in [1.165, 1.54) is 15.6 Å². The second kappa shape index (κ2) is 5.14. The number of nitrogens with one attached hydrogen (secondary N) is 1. The number of imidazole rings is 1. The van der Waals surface area contributed by atoms with Gasteiger partial charge in [-0.3, -0.25) is 0 Å². The van der Waals surface area contributed by atoms with Crippen LogP contribution >= 0.6 is 15.9 Å². The van der Waals surface area contributed by atoms with E-state index in [1.54, 1.807) is 0 Å². The Hall–Kier alpha value is -1.29. The Morgan fingerprint density at radius 3 is 2.39 bits per heavy atom. The minimum absolute atomic E-state index is 0.396. The van der Waals surface area contributed by atoms with Crippen LogP contribution in [0.5, 0.6) is 0 Å². The van der Waals surface area contributed by atoms with E-state index in [4.69, 9.17) is 0 Å². The summed E-state index contributed by atoms with van der Waals surface area (Å²) in [5.74, 6) is 0.881. The summed E-state index contributed by atoms with van der Waals surface area (Å²) in [6.07, 6.45) is 3.81. The van der Waals surface area contributed by atoms with Crippen molar-refractivity contribution in [3.05, 3.63) is 40.1 Å². The molecule has 0 saturated heterocycles. The molecule has 1 heterocycles. The van der Waals surface area contributed by atoms with E-state index in [9.17, 15) is 0 Å². The maximum absolute atomic E-state index is 4.35. The summed E-state index contributed by atoms with van der Waals surface area (Å²) in [7, 11) is 0. The normalized spacial score (nSPS) is 11.0. The molecule has 0 aliphatic rings. The van der Waals surface area contributed by atoms with E-state index in [0.717, 1.165) is 11.6 Å². The molecule has 0 radical (unpaired) electrons. The highest BCUT2D eigenvalue weighted by atomic mass is 79.9. The van der Waals surface area contributed by atoms with Crippen molar-refractivity contribution in [2.45, 2.75) is 33.7 Å². The second-order valence-corrected chi connectivity index (χ2v) is 5.59. The molecule has 18 heavy (non-hydrogen) atoms. The van der Waals surface area contributed by atoms with E-state index in [0.29, 0.717) is 6.04 Å². The molecule has 0 fully saturated rings. The molecule has 0 spiro atoms. The topological polar surface area (TPSA) is 29.9 Å². The summed E-state index contributed by atoms with van der Waals surface area (Å²) >= 11 is 3.58. The largest absolute Gasteiger partial charge is 0.326 e. The molecule has 0 saturated carbocycles. The fourth-order valence-electron chi connectivity index (χ4n) is 1.97. The lowest BCUT2D eigenvalue weighted by atomic mass is 10.1. The van der Waals surface area contributed by atoms with Gasteiger partial charge in [0.05, 0.1) is 0 Å². The first kappa shape index (κ1) is 13.1. The van der Waals surface area contributed by atoms with Crippen molar-refractivity contribution in [2.24, 2.45) is 0 Å². The van der Waals surface area contributed by atoms with Crippen LogP contribution in [0.25, 0.3) is 0 Å². The van der Waals surface area contributed by atoms with E-state index >= 15 is 0 Å². The number of aromatic nitrogens is 2. The molecule has 0 bridgehead atoms. The molecule has 96 valence electrons. The van der Waals surface area contributed by atoms with E-state index < -0.39 is 0 Å². The number of nitrogens with zero attached hydrogens (tertiary/aromatic N) is 2. The van der Waals surface area contributed by atoms with Gasteiger partial charge in [0.2, 0.25) is 5.95 Å². The van der Waals surface area contributed by atoms with Gasteiger partial charge in [-0.1, -0.05) is 15.9 Å². The summed E-state index contributed by atoms with van der Waals surface area (Å²) < 4.78 is 3.28. The molecule has 0 amide bonds. The Morgan fingerprint density at radius 1 is 1.22 bits per heavy atom. The van der Waals surface area contributed by atoms with Crippen molar-refractivity contribution < 1.29 is 0 Å². The van der Waals surface area contributed by atoms with Gasteiger partial charge in [-0.25, -0.2) is 4.98 Å². The number of aryl methyl sites for hydroxylation is 2. The minimum Gasteiger partial charge on any atom is -0.326 e. The number of benzene rings is 1. The molecule has 3 nitrogen and oxygen atoms in total. The standard InChI is InChI=1S/C14H18BrN3/c1-9(2)18-6-5-16-14(18)17-12-7-10(3)13(15)11(4)8-12/h5-9H,1-4H3,(H,16,17). The van der Waals surface area contributed by atoms with Gasteiger partial charge in [-0.15, -0.1) is 0 Å². The zero-order valence-electron chi connectivity index (χ0n) is 11.2. The quantitative estimate of drug-likeness (QED) is 0.899. The molecule has 2 rings (SSSR count). The molecule has 4 heteroatoms. The average Bonchev–Trinajstić information content (AvgIpc) is 2.74. The van der Waals surface area contributed by atoms with Crippen LogP contribution in [0.15, 0.2) is 29.0 Å². The molecular weight excluding hydrogens is 290 g/mol. The van der Waals surface area contributed by atoms with Gasteiger partial charge in [-0.05, 0) is 51.0 Å². The third-order valence-electron chi connectivity index (χ3n) is 2.92. The van der Waals surface area contributed by atoms with Crippen molar-refractivity contribution in [3.63, 3.8) is 0 Å². The van der Waals surface area contributed by atoms with Crippen LogP contribution in [0.1, 0.15) is 31.0 Å². The molecule has 1 N–H and O–H groups in total. The number of rotatable bonds is 3. The summed E-state index contributed by atoms with van der Waals surface area (Å²) in [6, 6.07) is 4.64. The highest BCUT2D eigenvalue weighted by Crippen LogP contribution is 2.27. The number of anilines is 2. The smallest absolute Gasteiger partial charge is 0.207 e. The zero-order chi connectivity index (χ0) is 13.3. The van der Waals surface area contributed by atoms with Crippen molar-refractivity contribution in [3.8, 4) is 0 Å². The summed E-state index contributed by atoms with van der Waals surface area (Å²) in [6.45, 7) is 8.48.